The fraction of sp³-hybridized carbons (Fsp3) is 0.800. The van der Waals surface area contributed by atoms with Crippen molar-refractivity contribution in [3.63, 3.8) is 0 Å². The Morgan fingerprint density at radius 3 is 1.88 bits per heavy atom. The summed E-state index contributed by atoms with van der Waals surface area (Å²) in [6, 6.07) is 0. The van der Waals surface area contributed by atoms with Crippen molar-refractivity contribution in [3.05, 3.63) is 23.9 Å². The van der Waals surface area contributed by atoms with Crippen LogP contribution in [-0.2, 0) is 10.1 Å². The Morgan fingerprint density at radius 1 is 0.962 bits per heavy atom. The van der Waals surface area contributed by atoms with Crippen LogP contribution in [0.2, 0.25) is 0 Å². The van der Waals surface area contributed by atoms with Crippen LogP contribution in [0.5, 0.6) is 0 Å². The second-order valence-electron chi connectivity index (χ2n) is 7.51. The molecule has 2 rings (SSSR count). The molecule has 4 nitrogen and oxygen atoms in total. The van der Waals surface area contributed by atoms with E-state index in [9.17, 15) is 13.0 Å². The van der Waals surface area contributed by atoms with E-state index >= 15 is 0 Å². The number of rotatable bonds is 14. The topological polar surface area (TPSA) is 60.4 Å². The largest absolute Gasteiger partial charge is 1.00 e. The smallest absolute Gasteiger partial charge is 0.746 e. The maximum absolute atomic E-state index is 11.7. The Labute approximate surface area is 182 Å². The second kappa shape index (κ2) is 11.9. The van der Waals surface area contributed by atoms with Gasteiger partial charge in [-0.1, -0.05) is 83.6 Å². The molecule has 0 fully saturated rings. The van der Waals surface area contributed by atoms with Gasteiger partial charge in [-0.15, -0.1) is 0 Å². The summed E-state index contributed by atoms with van der Waals surface area (Å²) in [6.07, 6.45) is 20.9. The molecule has 2 aliphatic rings. The van der Waals surface area contributed by atoms with Gasteiger partial charge < -0.3 is 9.45 Å². The molecule has 0 saturated carbocycles. The van der Waals surface area contributed by atoms with E-state index in [0.717, 1.165) is 18.5 Å². The van der Waals surface area contributed by atoms with Crippen molar-refractivity contribution in [2.24, 2.45) is 0 Å². The summed E-state index contributed by atoms with van der Waals surface area (Å²) in [5.41, 5.74) is 0.905. The first-order valence-corrected chi connectivity index (χ1v) is 11.5. The molecule has 0 N–H and O–H groups in total. The van der Waals surface area contributed by atoms with Crippen molar-refractivity contribution in [1.82, 2.24) is 4.90 Å². The van der Waals surface area contributed by atoms with Gasteiger partial charge in [0.2, 0.25) is 0 Å². The average molecular weight is 392 g/mol. The molecule has 0 aromatic heterocycles. The van der Waals surface area contributed by atoms with Crippen LogP contribution < -0.4 is 29.6 Å². The van der Waals surface area contributed by atoms with Crippen LogP contribution >= 0.6 is 0 Å². The Bertz CT molecular complexity index is 574. The summed E-state index contributed by atoms with van der Waals surface area (Å²) in [4.78, 5) is 0.478. The molecule has 0 spiro atoms. The molecule has 0 aromatic rings. The molecule has 0 radical (unpaired) electrons. The Morgan fingerprint density at radius 2 is 1.46 bits per heavy atom. The average Bonchev–Trinajstić information content (AvgIpc) is 3.12. The van der Waals surface area contributed by atoms with Gasteiger partial charge in [0.05, 0.1) is 0 Å². The molecule has 2 heterocycles. The van der Waals surface area contributed by atoms with E-state index in [1.165, 1.54) is 64.2 Å². The van der Waals surface area contributed by atoms with Crippen LogP contribution in [0.25, 0.3) is 0 Å². The summed E-state index contributed by atoms with van der Waals surface area (Å²) >= 11 is 0. The molecule has 1 atom stereocenters. The molecule has 144 valence electrons. The normalized spacial score (nSPS) is 21.2. The number of fused-ring (bicyclic) bond motifs is 2. The van der Waals surface area contributed by atoms with Crippen LogP contribution in [0.15, 0.2) is 23.9 Å². The molecular formula is C20H34NNaO3S. The summed E-state index contributed by atoms with van der Waals surface area (Å²) in [6.45, 7) is 2.92. The van der Waals surface area contributed by atoms with Gasteiger partial charge in [-0.05, 0) is 18.6 Å². The van der Waals surface area contributed by atoms with Gasteiger partial charge in [0, 0.05) is 18.7 Å². The zero-order valence-electron chi connectivity index (χ0n) is 16.7. The monoisotopic (exact) mass is 391 g/mol. The van der Waals surface area contributed by atoms with E-state index in [2.05, 4.69) is 6.92 Å². The van der Waals surface area contributed by atoms with E-state index in [1.54, 1.807) is 17.1 Å². The first kappa shape index (κ1) is 24.2. The van der Waals surface area contributed by atoms with Crippen molar-refractivity contribution >= 4 is 10.1 Å². The molecular weight excluding hydrogens is 357 g/mol. The van der Waals surface area contributed by atoms with E-state index in [4.69, 9.17) is 0 Å². The molecule has 6 heteroatoms. The maximum atomic E-state index is 11.7. The number of allylic oxidation sites excluding steroid dienone is 1. The van der Waals surface area contributed by atoms with Crippen molar-refractivity contribution in [3.8, 4) is 0 Å². The Hall–Kier alpha value is 0.190. The van der Waals surface area contributed by atoms with Crippen LogP contribution in [0.1, 0.15) is 90.4 Å². The van der Waals surface area contributed by atoms with Gasteiger partial charge in [-0.3, -0.25) is 0 Å². The molecule has 1 unspecified atom stereocenters. The van der Waals surface area contributed by atoms with E-state index in [-0.39, 0.29) is 29.6 Å². The third-order valence-electron chi connectivity index (χ3n) is 5.55. The van der Waals surface area contributed by atoms with Crippen LogP contribution in [-0.4, -0.2) is 29.3 Å². The number of unbranched alkanes of at least 4 members (excludes halogenated alkanes) is 11. The molecule has 2 bridgehead atoms. The first-order valence-electron chi connectivity index (χ1n) is 10.1. The zero-order valence-corrected chi connectivity index (χ0v) is 19.5. The fourth-order valence-electron chi connectivity index (χ4n) is 3.97. The first-order chi connectivity index (χ1) is 12.0. The molecule has 0 amide bonds. The van der Waals surface area contributed by atoms with Gasteiger partial charge >= 0.3 is 29.6 Å². The minimum Gasteiger partial charge on any atom is -0.746 e. The third kappa shape index (κ3) is 6.37. The van der Waals surface area contributed by atoms with Crippen molar-refractivity contribution in [2.75, 3.05) is 6.54 Å². The Balaban J connectivity index is 0.00000338. The number of nitrogens with zero attached hydrogens (tertiary/aromatic N) is 1. The Kier molecular flexibility index (Phi) is 11.1. The van der Waals surface area contributed by atoms with Crippen LogP contribution in [0.4, 0.5) is 0 Å². The standard InChI is InChI=1S/C20H35NO3S.Na/c1-2-3-4-5-6-7-8-9-10-11-12-13-18-21-19-14-16-20(21,17-15-19)25(22,23)24;/h14-16H,2-13,17-18H2,1H3,(H,22,23,24);/q;+1/p-1. The van der Waals surface area contributed by atoms with Gasteiger partial charge in [0.1, 0.15) is 10.1 Å². The van der Waals surface area contributed by atoms with Crippen molar-refractivity contribution in [2.45, 2.75) is 95.3 Å². The predicted molar refractivity (Wildman–Crippen MR) is 102 cm³/mol. The van der Waals surface area contributed by atoms with Crippen molar-refractivity contribution < 1.29 is 42.5 Å². The summed E-state index contributed by atoms with van der Waals surface area (Å²) in [7, 11) is -4.35. The van der Waals surface area contributed by atoms with Crippen LogP contribution in [0.3, 0.4) is 0 Å². The van der Waals surface area contributed by atoms with Gasteiger partial charge in [-0.2, -0.15) is 0 Å². The second-order valence-corrected chi connectivity index (χ2v) is 9.12. The summed E-state index contributed by atoms with van der Waals surface area (Å²) in [5, 5.41) is 0. The minimum absolute atomic E-state index is 0. The van der Waals surface area contributed by atoms with Gasteiger partial charge in [-0.25, -0.2) is 8.42 Å². The zero-order chi connectivity index (χ0) is 18.2. The van der Waals surface area contributed by atoms with E-state index in [1.807, 2.05) is 6.08 Å². The molecule has 0 saturated heterocycles. The third-order valence-corrected chi connectivity index (χ3v) is 6.94. The molecule has 0 aliphatic carbocycles. The SMILES string of the molecule is CCCCCCCCCCCCCCN1C2=CCC1(S(=O)(=O)[O-])C=C2.[Na+]. The van der Waals surface area contributed by atoms with E-state index < -0.39 is 15.0 Å². The maximum Gasteiger partial charge on any atom is 1.00 e. The number of hydrogen-bond acceptors (Lipinski definition) is 4. The van der Waals surface area contributed by atoms with E-state index in [0.29, 0.717) is 13.0 Å². The minimum atomic E-state index is -4.35. The predicted octanol–water partition coefficient (Wildman–Crippen LogP) is 2.09. The molecule has 26 heavy (non-hydrogen) atoms. The molecule has 0 aromatic carbocycles. The van der Waals surface area contributed by atoms with Gasteiger partial charge in [0.15, 0.2) is 4.87 Å². The quantitative estimate of drug-likeness (QED) is 0.258. The summed E-state index contributed by atoms with van der Waals surface area (Å²) < 4.78 is 35.0. The van der Waals surface area contributed by atoms with Crippen molar-refractivity contribution in [1.29, 1.82) is 0 Å². The number of hydrogen-bond donors (Lipinski definition) is 0. The molecule has 2 aliphatic heterocycles. The summed E-state index contributed by atoms with van der Waals surface area (Å²) in [5.74, 6) is 0. The van der Waals surface area contributed by atoms with Crippen LogP contribution in [0, 0.1) is 0 Å². The van der Waals surface area contributed by atoms with Gasteiger partial charge in [0.25, 0.3) is 0 Å². The fourth-order valence-corrected chi connectivity index (χ4v) is 4.96.